The van der Waals surface area contributed by atoms with Crippen molar-refractivity contribution < 1.29 is 9.15 Å². The monoisotopic (exact) mass is 967 g/mol. The van der Waals surface area contributed by atoms with Crippen LogP contribution >= 0.6 is 0 Å². The molecule has 0 fully saturated rings. The second-order valence-electron chi connectivity index (χ2n) is 19.4. The van der Waals surface area contributed by atoms with Crippen molar-refractivity contribution in [2.75, 3.05) is 30.6 Å². The fourth-order valence-corrected chi connectivity index (χ4v) is 10.2. The molecule has 0 amide bonds. The molecule has 73 heavy (non-hydrogen) atoms. The van der Waals surface area contributed by atoms with Crippen LogP contribution in [0.3, 0.4) is 0 Å². The summed E-state index contributed by atoms with van der Waals surface area (Å²) >= 11 is 0. The Bertz CT molecular complexity index is 3340. The topological polar surface area (TPSA) is 28.9 Å². The van der Waals surface area contributed by atoms with Crippen LogP contribution in [0.5, 0.6) is 0 Å². The largest absolute Gasteiger partial charge is 0.456 e. The van der Waals surface area contributed by atoms with Gasteiger partial charge in [0.05, 0.1) is 6.61 Å². The molecule has 1 aromatic heterocycles. The van der Waals surface area contributed by atoms with Gasteiger partial charge in [0, 0.05) is 65.0 Å². The molecule has 1 unspecified atom stereocenters. The summed E-state index contributed by atoms with van der Waals surface area (Å²) in [5, 5.41) is 5.12. The number of nitrogens with zero attached hydrogens (tertiary/aromatic N) is 2. The van der Waals surface area contributed by atoms with Crippen LogP contribution in [0.2, 0.25) is 0 Å². The highest BCUT2D eigenvalue weighted by atomic mass is 16.5. The van der Waals surface area contributed by atoms with Gasteiger partial charge in [-0.1, -0.05) is 190 Å². The summed E-state index contributed by atoms with van der Waals surface area (Å²) < 4.78 is 11.2. The van der Waals surface area contributed by atoms with E-state index < -0.39 is 0 Å². The maximum absolute atomic E-state index is 5.87. The molecule has 4 heteroatoms. The first kappa shape index (κ1) is 53.7. The normalized spacial score (nSPS) is 13.9. The number of furan rings is 1. The number of rotatable bonds is 12. The SMILES string of the molecule is CC.CC.COC/C(C)=C\C=C/C(C)c1cccc(N(C2=C3C=Cc4c(C(C)C)cc(N(C)c5ccccc5)c5ccc(c(c45)C3)C(C(C)C)=C2)c2ccccc2)c1.Cc1cccc2c3c(oc12)=CCC=CC=3. The number of methoxy groups -OCH3 is 1. The summed E-state index contributed by atoms with van der Waals surface area (Å²) in [5.74, 6) is 0.927. The van der Waals surface area contributed by atoms with Crippen LogP contribution in [-0.4, -0.2) is 20.8 Å². The van der Waals surface area contributed by atoms with Crippen LogP contribution < -0.4 is 20.4 Å². The molecule has 1 atom stereocenters. The van der Waals surface area contributed by atoms with Crippen LogP contribution in [0.25, 0.3) is 45.5 Å². The number of hydrogen-bond donors (Lipinski definition) is 0. The minimum atomic E-state index is 0.241. The molecule has 0 N–H and O–H groups in total. The van der Waals surface area contributed by atoms with Crippen LogP contribution in [0.1, 0.15) is 121 Å². The summed E-state index contributed by atoms with van der Waals surface area (Å²) in [6.45, 7) is 24.4. The zero-order valence-corrected chi connectivity index (χ0v) is 45.9. The number of ether oxygens (including phenoxy) is 1. The third kappa shape index (κ3) is 11.7. The second kappa shape index (κ2) is 25.0. The highest BCUT2D eigenvalue weighted by Gasteiger charge is 2.29. The number of allylic oxidation sites excluding steroid dienone is 9. The Labute approximate surface area is 437 Å². The number of aryl methyl sites for hydroxylation is 1. The maximum Gasteiger partial charge on any atom is 0.138 e. The highest BCUT2D eigenvalue weighted by Crippen LogP contribution is 2.48. The first-order valence-electron chi connectivity index (χ1n) is 26.7. The third-order valence-electron chi connectivity index (χ3n) is 13.8. The van der Waals surface area contributed by atoms with Gasteiger partial charge in [0.15, 0.2) is 0 Å². The molecule has 0 saturated carbocycles. The van der Waals surface area contributed by atoms with E-state index in [1.807, 2.05) is 27.7 Å². The molecule has 0 aliphatic heterocycles. The Morgan fingerprint density at radius 2 is 1.45 bits per heavy atom. The predicted octanol–water partition coefficient (Wildman–Crippen LogP) is 18.0. The Balaban J connectivity index is 0.000000344. The molecule has 1 heterocycles. The van der Waals surface area contributed by atoms with Crippen LogP contribution in [0, 0.1) is 12.8 Å². The number of fused-ring (bicyclic) bond motifs is 4. The minimum absolute atomic E-state index is 0.241. The smallest absolute Gasteiger partial charge is 0.138 e. The quantitative estimate of drug-likeness (QED) is 0.114. The Morgan fingerprint density at radius 3 is 2.15 bits per heavy atom. The van der Waals surface area contributed by atoms with Crippen molar-refractivity contribution in [3.63, 3.8) is 0 Å². The standard InChI is InChI=1S/C51H54N2O.C14H12O.2C2H6/c1-34(2)46-31-49(53(41-22-13-10-14-23-41)42-24-16-19-38(29-42)37(6)18-15-17-36(5)33-54-8)39-25-26-44-47(35(3)4)32-50(52(7)40-20-11-9-12-21-40)45-28-27-43(46)48(30-39)51(44)45;1-10-6-5-8-12-11-7-3-2-4-9-13(11)15-14(10)12;2*1-2/h9-29,31-32,34-35,37H,30,33H2,1-8H3;2-3,5-9H,4H2,1H3;2*1-2H3/b18-15-,36-17-;;;. The van der Waals surface area contributed by atoms with Crippen LogP contribution in [-0.2, 0) is 11.2 Å². The number of para-hydroxylation sites is 3. The molecule has 376 valence electrons. The Hall–Kier alpha value is -7.14. The molecule has 2 bridgehead atoms. The zero-order chi connectivity index (χ0) is 52.2. The predicted molar refractivity (Wildman–Crippen MR) is 319 cm³/mol. The molecule has 4 nitrogen and oxygen atoms in total. The van der Waals surface area contributed by atoms with E-state index in [0.717, 1.165) is 35.2 Å². The fraction of sp³-hybridized carbons (Fsp3) is 0.275. The van der Waals surface area contributed by atoms with Gasteiger partial charge in [-0.05, 0) is 148 Å². The van der Waals surface area contributed by atoms with Crippen molar-refractivity contribution in [3.8, 4) is 0 Å². The molecule has 6 aromatic carbocycles. The number of benzene rings is 6. The molecule has 10 rings (SSSR count). The van der Waals surface area contributed by atoms with Crippen molar-refractivity contribution in [2.45, 2.75) is 101 Å². The fourth-order valence-electron chi connectivity index (χ4n) is 10.2. The molecule has 0 spiro atoms. The van der Waals surface area contributed by atoms with Gasteiger partial charge in [0.2, 0.25) is 0 Å². The van der Waals surface area contributed by atoms with Gasteiger partial charge in [0.25, 0.3) is 0 Å². The van der Waals surface area contributed by atoms with Crippen molar-refractivity contribution in [3.05, 3.63) is 225 Å². The van der Waals surface area contributed by atoms with E-state index >= 15 is 0 Å². The van der Waals surface area contributed by atoms with Gasteiger partial charge in [-0.3, -0.25) is 0 Å². The molecule has 0 saturated heterocycles. The molecule has 3 aliphatic rings. The van der Waals surface area contributed by atoms with Crippen molar-refractivity contribution in [1.29, 1.82) is 0 Å². The van der Waals surface area contributed by atoms with Crippen molar-refractivity contribution >= 4 is 68.3 Å². The number of anilines is 4. The third-order valence-corrected chi connectivity index (χ3v) is 13.8. The van der Waals surface area contributed by atoms with Gasteiger partial charge in [-0.15, -0.1) is 0 Å². The van der Waals surface area contributed by atoms with Gasteiger partial charge >= 0.3 is 0 Å². The summed E-state index contributed by atoms with van der Waals surface area (Å²) in [6.07, 6.45) is 24.2. The first-order chi connectivity index (χ1) is 35.5. The van der Waals surface area contributed by atoms with Gasteiger partial charge in [-0.25, -0.2) is 0 Å². The lowest BCUT2D eigenvalue weighted by atomic mass is 9.84. The lowest BCUT2D eigenvalue weighted by molar-refractivity contribution is 0.226. The summed E-state index contributed by atoms with van der Waals surface area (Å²) in [4.78, 5) is 4.85. The first-order valence-corrected chi connectivity index (χ1v) is 26.7. The van der Waals surface area contributed by atoms with Gasteiger partial charge in [-0.2, -0.15) is 0 Å². The molecular weight excluding hydrogens is 889 g/mol. The summed E-state index contributed by atoms with van der Waals surface area (Å²) in [7, 11) is 3.95. The molecular formula is C69H78N2O2. The van der Waals surface area contributed by atoms with Crippen LogP contribution in [0.15, 0.2) is 185 Å². The van der Waals surface area contributed by atoms with E-state index in [9.17, 15) is 0 Å². The second-order valence-corrected chi connectivity index (χ2v) is 19.4. The summed E-state index contributed by atoms with van der Waals surface area (Å²) in [6, 6.07) is 44.2. The average Bonchev–Trinajstić information content (AvgIpc) is 3.59. The molecule has 0 radical (unpaired) electrons. The van der Waals surface area contributed by atoms with Gasteiger partial charge < -0.3 is 19.0 Å². The zero-order valence-electron chi connectivity index (χ0n) is 45.9. The van der Waals surface area contributed by atoms with Gasteiger partial charge in [0.1, 0.15) is 11.0 Å². The minimum Gasteiger partial charge on any atom is -0.456 e. The Morgan fingerprint density at radius 1 is 0.753 bits per heavy atom. The van der Waals surface area contributed by atoms with Crippen LogP contribution in [0.4, 0.5) is 22.7 Å². The van der Waals surface area contributed by atoms with E-state index in [1.165, 1.54) is 88.5 Å². The van der Waals surface area contributed by atoms with E-state index in [4.69, 9.17) is 9.15 Å². The highest BCUT2D eigenvalue weighted by molar-refractivity contribution is 6.07. The van der Waals surface area contributed by atoms with Crippen molar-refractivity contribution in [1.82, 2.24) is 0 Å². The molecule has 3 aliphatic carbocycles. The lowest BCUT2D eigenvalue weighted by Gasteiger charge is -2.29. The van der Waals surface area contributed by atoms with E-state index in [0.29, 0.717) is 18.4 Å². The number of hydrogen-bond acceptors (Lipinski definition) is 4. The maximum atomic E-state index is 5.87. The van der Waals surface area contributed by atoms with E-state index in [2.05, 4.69) is 247 Å². The van der Waals surface area contributed by atoms with E-state index in [1.54, 1.807) is 7.11 Å². The summed E-state index contributed by atoms with van der Waals surface area (Å²) in [5.41, 5.74) is 19.9. The lowest BCUT2D eigenvalue weighted by Crippen LogP contribution is -2.18. The van der Waals surface area contributed by atoms with E-state index in [-0.39, 0.29) is 5.92 Å². The Kier molecular flexibility index (Phi) is 18.4. The molecule has 7 aromatic rings. The van der Waals surface area contributed by atoms with Crippen molar-refractivity contribution in [2.24, 2.45) is 5.92 Å². The average molecular weight is 967 g/mol.